The highest BCUT2D eigenvalue weighted by Gasteiger charge is 2.26. The molecule has 0 aliphatic rings. The van der Waals surface area contributed by atoms with Gasteiger partial charge in [-0.05, 0) is 50.6 Å². The number of carbonyl (C=O) groups excluding carboxylic acids is 1. The van der Waals surface area contributed by atoms with Gasteiger partial charge in [0.1, 0.15) is 11.4 Å². The number of rotatable bonds is 8. The molecule has 4 N–H and O–H groups in total. The number of nitrogens with one attached hydrogen (secondary N) is 3. The third-order valence-corrected chi connectivity index (χ3v) is 4.30. The average Bonchev–Trinajstić information content (AvgIpc) is 3.18. The number of aliphatic imine (C=N–C) groups is 1. The van der Waals surface area contributed by atoms with Crippen LogP contribution in [0.2, 0.25) is 5.02 Å². The van der Waals surface area contributed by atoms with E-state index in [4.69, 9.17) is 16.0 Å². The molecule has 1 amide bonds. The number of benzene rings is 1. The van der Waals surface area contributed by atoms with Gasteiger partial charge in [0.2, 0.25) is 5.91 Å². The van der Waals surface area contributed by atoms with Crippen LogP contribution in [0.1, 0.15) is 31.6 Å². The second kappa shape index (κ2) is 12.0. The molecule has 0 aliphatic carbocycles. The number of nitrogens with zero attached hydrogens (tertiary/aromatic N) is 1. The third kappa shape index (κ3) is 8.23. The van der Waals surface area contributed by atoms with Gasteiger partial charge in [-0.2, -0.15) is 0 Å². The lowest BCUT2D eigenvalue weighted by molar-refractivity contribution is -0.116. The van der Waals surface area contributed by atoms with E-state index in [1.807, 2.05) is 19.9 Å². The van der Waals surface area contributed by atoms with E-state index in [0.717, 1.165) is 5.56 Å². The summed E-state index contributed by atoms with van der Waals surface area (Å²) in [5.41, 5.74) is 0.403. The second-order valence-electron chi connectivity index (χ2n) is 6.65. The summed E-state index contributed by atoms with van der Waals surface area (Å²) in [5.74, 6) is 0.800. The van der Waals surface area contributed by atoms with Gasteiger partial charge < -0.3 is 25.5 Å². The molecule has 1 heterocycles. The molecule has 1 aromatic carbocycles. The standard InChI is InChI=1S/C20H27ClN4O3.HI/c1-4-22-19(24-13-20(3,27)17-6-5-11-28-17)23-10-9-18(26)25-16-8-7-14(2)12-15(16)21;/h5-8,11-12,27H,4,9-10,13H2,1-3H3,(H,25,26)(H2,22,23,24);1H. The van der Waals surface area contributed by atoms with Crippen molar-refractivity contribution in [2.24, 2.45) is 4.99 Å². The van der Waals surface area contributed by atoms with Gasteiger partial charge in [-0.25, -0.2) is 4.99 Å². The highest BCUT2D eigenvalue weighted by Crippen LogP contribution is 2.23. The Balaban J connectivity index is 0.00000420. The molecule has 1 aromatic heterocycles. The van der Waals surface area contributed by atoms with E-state index in [1.54, 1.807) is 31.2 Å². The highest BCUT2D eigenvalue weighted by atomic mass is 127. The molecule has 0 saturated heterocycles. The monoisotopic (exact) mass is 534 g/mol. The molecule has 0 spiro atoms. The Morgan fingerprint density at radius 3 is 2.69 bits per heavy atom. The lowest BCUT2D eigenvalue weighted by atomic mass is 10.0. The van der Waals surface area contributed by atoms with Crippen LogP contribution < -0.4 is 16.0 Å². The molecule has 7 nitrogen and oxygen atoms in total. The van der Waals surface area contributed by atoms with Crippen molar-refractivity contribution in [2.45, 2.75) is 32.8 Å². The molecule has 2 rings (SSSR count). The van der Waals surface area contributed by atoms with Gasteiger partial charge in [0.15, 0.2) is 5.96 Å². The zero-order chi connectivity index (χ0) is 20.6. The van der Waals surface area contributed by atoms with E-state index in [2.05, 4.69) is 20.9 Å². The van der Waals surface area contributed by atoms with Crippen molar-refractivity contribution in [3.8, 4) is 0 Å². The van der Waals surface area contributed by atoms with Crippen LogP contribution in [0.4, 0.5) is 5.69 Å². The second-order valence-corrected chi connectivity index (χ2v) is 7.06. The average molecular weight is 535 g/mol. The minimum Gasteiger partial charge on any atom is -0.466 e. The van der Waals surface area contributed by atoms with Gasteiger partial charge in [-0.1, -0.05) is 17.7 Å². The Kier molecular flexibility index (Phi) is 10.5. The van der Waals surface area contributed by atoms with Gasteiger partial charge in [-0.15, -0.1) is 24.0 Å². The van der Waals surface area contributed by atoms with Crippen molar-refractivity contribution in [1.29, 1.82) is 0 Å². The first-order chi connectivity index (χ1) is 13.3. The number of hydrogen-bond acceptors (Lipinski definition) is 4. The van der Waals surface area contributed by atoms with E-state index >= 15 is 0 Å². The molecule has 160 valence electrons. The van der Waals surface area contributed by atoms with Crippen LogP contribution in [0.15, 0.2) is 46.0 Å². The van der Waals surface area contributed by atoms with Crippen LogP contribution in [0.3, 0.4) is 0 Å². The topological polar surface area (TPSA) is 98.9 Å². The largest absolute Gasteiger partial charge is 0.466 e. The predicted octanol–water partition coefficient (Wildman–Crippen LogP) is 3.65. The van der Waals surface area contributed by atoms with Gasteiger partial charge in [0, 0.05) is 19.5 Å². The SMILES string of the molecule is CCNC(=NCC(C)(O)c1ccco1)NCCC(=O)Nc1ccc(C)cc1Cl.I. The van der Waals surface area contributed by atoms with Crippen LogP contribution in [0, 0.1) is 6.92 Å². The van der Waals surface area contributed by atoms with E-state index in [0.29, 0.717) is 35.5 Å². The molecule has 9 heteroatoms. The fraction of sp³-hybridized carbons (Fsp3) is 0.400. The van der Waals surface area contributed by atoms with Gasteiger partial charge in [0.05, 0.1) is 23.5 Å². The Labute approximate surface area is 193 Å². The summed E-state index contributed by atoms with van der Waals surface area (Å²) in [6.45, 7) is 6.66. The summed E-state index contributed by atoms with van der Waals surface area (Å²) < 4.78 is 5.25. The summed E-state index contributed by atoms with van der Waals surface area (Å²) in [5, 5.41) is 20.0. The number of amides is 1. The summed E-state index contributed by atoms with van der Waals surface area (Å²) in [6.07, 6.45) is 1.75. The highest BCUT2D eigenvalue weighted by molar-refractivity contribution is 14.0. The number of hydrogen-bond donors (Lipinski definition) is 4. The minimum atomic E-state index is -1.22. The molecule has 0 bridgehead atoms. The summed E-state index contributed by atoms with van der Waals surface area (Å²) >= 11 is 6.13. The molecule has 2 aromatic rings. The zero-order valence-corrected chi connectivity index (χ0v) is 19.9. The molecule has 0 fully saturated rings. The maximum Gasteiger partial charge on any atom is 0.226 e. The number of anilines is 1. The van der Waals surface area contributed by atoms with Crippen molar-refractivity contribution in [2.75, 3.05) is 25.0 Å². The van der Waals surface area contributed by atoms with Crippen LogP contribution >= 0.6 is 35.6 Å². The maximum absolute atomic E-state index is 12.1. The summed E-state index contributed by atoms with van der Waals surface area (Å²) in [6, 6.07) is 8.90. The number of furan rings is 1. The Bertz CT molecular complexity index is 810. The number of aliphatic hydroxyl groups is 1. The summed E-state index contributed by atoms with van der Waals surface area (Å²) in [4.78, 5) is 16.5. The molecule has 29 heavy (non-hydrogen) atoms. The van der Waals surface area contributed by atoms with Crippen LogP contribution in [-0.4, -0.2) is 36.6 Å². The predicted molar refractivity (Wildman–Crippen MR) is 127 cm³/mol. The van der Waals surface area contributed by atoms with E-state index in [9.17, 15) is 9.90 Å². The number of aryl methyl sites for hydroxylation is 1. The summed E-state index contributed by atoms with van der Waals surface area (Å²) in [7, 11) is 0. The first-order valence-electron chi connectivity index (χ1n) is 9.16. The van der Waals surface area contributed by atoms with Crippen molar-refractivity contribution in [1.82, 2.24) is 10.6 Å². The number of halogens is 2. The van der Waals surface area contributed by atoms with Crippen molar-refractivity contribution in [3.63, 3.8) is 0 Å². The van der Waals surface area contributed by atoms with Crippen molar-refractivity contribution in [3.05, 3.63) is 52.9 Å². The molecule has 0 saturated carbocycles. The van der Waals surface area contributed by atoms with Crippen molar-refractivity contribution >= 4 is 53.1 Å². The maximum atomic E-state index is 12.1. The van der Waals surface area contributed by atoms with Crippen LogP contribution in [0.25, 0.3) is 0 Å². The van der Waals surface area contributed by atoms with Gasteiger partial charge in [-0.3, -0.25) is 4.79 Å². The minimum absolute atomic E-state index is 0. The fourth-order valence-electron chi connectivity index (χ4n) is 2.47. The third-order valence-electron chi connectivity index (χ3n) is 3.98. The first kappa shape index (κ1) is 25.3. The van der Waals surface area contributed by atoms with E-state index in [-0.39, 0.29) is 42.8 Å². The molecule has 0 radical (unpaired) electrons. The molecular weight excluding hydrogens is 507 g/mol. The van der Waals surface area contributed by atoms with E-state index < -0.39 is 5.60 Å². The Morgan fingerprint density at radius 1 is 1.31 bits per heavy atom. The zero-order valence-electron chi connectivity index (χ0n) is 16.8. The Morgan fingerprint density at radius 2 is 2.07 bits per heavy atom. The lowest BCUT2D eigenvalue weighted by Gasteiger charge is -2.19. The van der Waals surface area contributed by atoms with Gasteiger partial charge in [0.25, 0.3) is 0 Å². The first-order valence-corrected chi connectivity index (χ1v) is 9.54. The molecule has 1 unspecified atom stereocenters. The molecule has 0 aliphatic heterocycles. The smallest absolute Gasteiger partial charge is 0.226 e. The van der Waals surface area contributed by atoms with Crippen LogP contribution in [0.5, 0.6) is 0 Å². The lowest BCUT2D eigenvalue weighted by Crippen LogP contribution is -2.40. The normalized spacial score (nSPS) is 13.2. The molecule has 1 atom stereocenters. The number of carbonyl (C=O) groups is 1. The van der Waals surface area contributed by atoms with Crippen molar-refractivity contribution < 1.29 is 14.3 Å². The fourth-order valence-corrected chi connectivity index (χ4v) is 2.75. The quantitative estimate of drug-likeness (QED) is 0.235. The van der Waals surface area contributed by atoms with Gasteiger partial charge >= 0.3 is 0 Å². The van der Waals surface area contributed by atoms with Crippen LogP contribution in [-0.2, 0) is 10.4 Å². The number of guanidine groups is 1. The molecular formula is C20H28ClIN4O3. The Hall–Kier alpha value is -1.78. The van der Waals surface area contributed by atoms with E-state index in [1.165, 1.54) is 6.26 Å².